The van der Waals surface area contributed by atoms with Gasteiger partial charge in [0.1, 0.15) is 17.1 Å². The summed E-state index contributed by atoms with van der Waals surface area (Å²) in [6.45, 7) is 1.62. The second kappa shape index (κ2) is 7.25. The van der Waals surface area contributed by atoms with Crippen molar-refractivity contribution in [2.45, 2.75) is 12.8 Å². The highest BCUT2D eigenvalue weighted by Gasteiger charge is 2.26. The number of rotatable bonds is 4. The number of anilines is 2. The Morgan fingerprint density at radius 2 is 2.12 bits per heavy atom. The third-order valence-electron chi connectivity index (χ3n) is 4.66. The van der Waals surface area contributed by atoms with Crippen LogP contribution in [0.3, 0.4) is 0 Å². The Kier molecular flexibility index (Phi) is 4.66. The molecule has 1 aliphatic heterocycles. The molecule has 3 aromatic rings. The number of ether oxygens (including phenoxy) is 1. The number of nitrogens with one attached hydrogen (secondary N) is 1. The maximum atomic E-state index is 12.3. The Balaban J connectivity index is 1.41. The molecular formula is C18H19N5O2S. The molecule has 3 heterocycles. The molecule has 8 heteroatoms. The zero-order valence-electron chi connectivity index (χ0n) is 14.4. The lowest BCUT2D eigenvalue weighted by Crippen LogP contribution is -2.38. The van der Waals surface area contributed by atoms with Gasteiger partial charge in [-0.15, -0.1) is 10.2 Å². The topological polar surface area (TPSA) is 80.2 Å². The number of fused-ring (bicyclic) bond motifs is 1. The van der Waals surface area contributed by atoms with Crippen LogP contribution in [0.25, 0.3) is 10.9 Å². The van der Waals surface area contributed by atoms with Crippen LogP contribution < -0.4 is 15.0 Å². The van der Waals surface area contributed by atoms with E-state index in [1.165, 1.54) is 11.3 Å². The summed E-state index contributed by atoms with van der Waals surface area (Å²) in [6.07, 6.45) is 1.60. The predicted octanol–water partition coefficient (Wildman–Crippen LogP) is 2.95. The minimum atomic E-state index is -0.000123. The average molecular weight is 369 g/mol. The van der Waals surface area contributed by atoms with Gasteiger partial charge in [0.05, 0.1) is 12.6 Å². The summed E-state index contributed by atoms with van der Waals surface area (Å²) in [4.78, 5) is 19.3. The summed E-state index contributed by atoms with van der Waals surface area (Å²) >= 11 is 1.33. The van der Waals surface area contributed by atoms with Gasteiger partial charge in [-0.2, -0.15) is 0 Å². The first-order valence-electron chi connectivity index (χ1n) is 8.50. The first kappa shape index (κ1) is 16.7. The van der Waals surface area contributed by atoms with Crippen LogP contribution in [0.5, 0.6) is 5.75 Å². The van der Waals surface area contributed by atoms with E-state index in [4.69, 9.17) is 9.72 Å². The Morgan fingerprint density at radius 3 is 2.85 bits per heavy atom. The van der Waals surface area contributed by atoms with Crippen LogP contribution in [-0.2, 0) is 4.79 Å². The zero-order chi connectivity index (χ0) is 17.9. The van der Waals surface area contributed by atoms with Crippen molar-refractivity contribution >= 4 is 39.1 Å². The van der Waals surface area contributed by atoms with Crippen molar-refractivity contribution < 1.29 is 9.53 Å². The Labute approximate surface area is 155 Å². The number of methoxy groups -OCH3 is 1. The summed E-state index contributed by atoms with van der Waals surface area (Å²) in [5.74, 6) is 1.81. The monoisotopic (exact) mass is 369 g/mol. The lowest BCUT2D eigenvalue weighted by Gasteiger charge is -2.32. The number of aromatic nitrogens is 3. The molecule has 0 bridgehead atoms. The molecule has 4 rings (SSSR count). The van der Waals surface area contributed by atoms with E-state index >= 15 is 0 Å². The zero-order valence-corrected chi connectivity index (χ0v) is 15.2. The Hall–Kier alpha value is -2.74. The summed E-state index contributed by atoms with van der Waals surface area (Å²) in [5.41, 5.74) is 2.55. The van der Waals surface area contributed by atoms with Gasteiger partial charge >= 0.3 is 0 Å². The van der Waals surface area contributed by atoms with Crippen LogP contribution in [0.2, 0.25) is 0 Å². The Morgan fingerprint density at radius 1 is 1.27 bits per heavy atom. The van der Waals surface area contributed by atoms with E-state index in [1.54, 1.807) is 12.6 Å². The van der Waals surface area contributed by atoms with Crippen molar-refractivity contribution in [3.05, 3.63) is 35.8 Å². The fourth-order valence-electron chi connectivity index (χ4n) is 3.20. The summed E-state index contributed by atoms with van der Waals surface area (Å²) in [7, 11) is 1.66. The molecule has 1 saturated heterocycles. The predicted molar refractivity (Wildman–Crippen MR) is 102 cm³/mol. The van der Waals surface area contributed by atoms with Crippen LogP contribution in [-0.4, -0.2) is 41.3 Å². The first-order valence-corrected chi connectivity index (χ1v) is 9.37. The van der Waals surface area contributed by atoms with Crippen molar-refractivity contribution in [2.75, 3.05) is 30.4 Å². The molecular weight excluding hydrogens is 350 g/mol. The molecule has 2 aromatic heterocycles. The number of piperidine rings is 1. The molecule has 7 nitrogen and oxygen atoms in total. The van der Waals surface area contributed by atoms with Gasteiger partial charge in [0, 0.05) is 24.4 Å². The third-order valence-corrected chi connectivity index (χ3v) is 5.27. The SMILES string of the molecule is COc1ccc2nc(N3CCC(C(=O)Nc4nncs4)CC3)ccc2c1. The molecule has 1 amide bonds. The third kappa shape index (κ3) is 3.45. The van der Waals surface area contributed by atoms with Gasteiger partial charge in [0.25, 0.3) is 0 Å². The highest BCUT2D eigenvalue weighted by atomic mass is 32.1. The van der Waals surface area contributed by atoms with E-state index in [0.717, 1.165) is 48.4 Å². The molecule has 1 fully saturated rings. The van der Waals surface area contributed by atoms with Gasteiger partial charge in [-0.05, 0) is 43.2 Å². The highest BCUT2D eigenvalue weighted by Crippen LogP contribution is 2.26. The molecule has 0 atom stereocenters. The van der Waals surface area contributed by atoms with Gasteiger partial charge in [0.15, 0.2) is 0 Å². The van der Waals surface area contributed by atoms with Gasteiger partial charge in [-0.25, -0.2) is 4.98 Å². The number of pyridine rings is 1. The van der Waals surface area contributed by atoms with E-state index in [-0.39, 0.29) is 11.8 Å². The maximum absolute atomic E-state index is 12.3. The van der Waals surface area contributed by atoms with Crippen molar-refractivity contribution in [2.24, 2.45) is 5.92 Å². The van der Waals surface area contributed by atoms with E-state index < -0.39 is 0 Å². The minimum Gasteiger partial charge on any atom is -0.497 e. The Bertz CT molecular complexity index is 907. The van der Waals surface area contributed by atoms with E-state index in [0.29, 0.717) is 5.13 Å². The van der Waals surface area contributed by atoms with Crippen molar-refractivity contribution in [3.63, 3.8) is 0 Å². The van der Waals surface area contributed by atoms with Gasteiger partial charge < -0.3 is 15.0 Å². The van der Waals surface area contributed by atoms with Crippen LogP contribution >= 0.6 is 11.3 Å². The number of hydrogen-bond donors (Lipinski definition) is 1. The second-order valence-electron chi connectivity index (χ2n) is 6.22. The standard InChI is InChI=1S/C18H19N5O2S/c1-25-14-3-4-15-13(10-14)2-5-16(20-15)23-8-6-12(7-9-23)17(24)21-18-22-19-11-26-18/h2-5,10-12H,6-9H2,1H3,(H,21,22,24). The van der Waals surface area contributed by atoms with Crippen molar-refractivity contribution in [3.8, 4) is 5.75 Å². The molecule has 1 aromatic carbocycles. The van der Waals surface area contributed by atoms with Crippen LogP contribution in [0.4, 0.5) is 10.9 Å². The summed E-state index contributed by atoms with van der Waals surface area (Å²) in [6, 6.07) is 9.97. The number of nitrogens with zero attached hydrogens (tertiary/aromatic N) is 4. The van der Waals surface area contributed by atoms with Crippen molar-refractivity contribution in [1.29, 1.82) is 0 Å². The van der Waals surface area contributed by atoms with E-state index in [1.807, 2.05) is 24.3 Å². The quantitative estimate of drug-likeness (QED) is 0.762. The second-order valence-corrected chi connectivity index (χ2v) is 7.06. The summed E-state index contributed by atoms with van der Waals surface area (Å²) < 4.78 is 5.26. The molecule has 134 valence electrons. The molecule has 0 radical (unpaired) electrons. The number of carbonyl (C=O) groups is 1. The van der Waals surface area contributed by atoms with Gasteiger partial charge in [-0.3, -0.25) is 4.79 Å². The number of carbonyl (C=O) groups excluding carboxylic acids is 1. The maximum Gasteiger partial charge on any atom is 0.229 e. The molecule has 0 saturated carbocycles. The lowest BCUT2D eigenvalue weighted by molar-refractivity contribution is -0.120. The lowest BCUT2D eigenvalue weighted by atomic mass is 9.96. The smallest absolute Gasteiger partial charge is 0.229 e. The molecule has 0 unspecified atom stereocenters. The molecule has 26 heavy (non-hydrogen) atoms. The average Bonchev–Trinajstić information content (AvgIpc) is 3.20. The van der Waals surface area contributed by atoms with Gasteiger partial charge in [0.2, 0.25) is 11.0 Å². The van der Waals surface area contributed by atoms with Crippen LogP contribution in [0, 0.1) is 5.92 Å². The van der Waals surface area contributed by atoms with Crippen LogP contribution in [0.1, 0.15) is 12.8 Å². The molecule has 0 spiro atoms. The largest absolute Gasteiger partial charge is 0.497 e. The highest BCUT2D eigenvalue weighted by molar-refractivity contribution is 7.13. The fourth-order valence-corrected chi connectivity index (χ4v) is 3.65. The minimum absolute atomic E-state index is 0.000123. The van der Waals surface area contributed by atoms with Crippen LogP contribution in [0.15, 0.2) is 35.8 Å². The summed E-state index contributed by atoms with van der Waals surface area (Å²) in [5, 5.41) is 12.1. The van der Waals surface area contributed by atoms with E-state index in [9.17, 15) is 4.79 Å². The normalized spacial score (nSPS) is 15.2. The molecule has 0 aliphatic carbocycles. The first-order chi connectivity index (χ1) is 12.7. The molecule has 1 N–H and O–H groups in total. The molecule has 1 aliphatic rings. The number of hydrogen-bond acceptors (Lipinski definition) is 7. The number of benzene rings is 1. The van der Waals surface area contributed by atoms with E-state index in [2.05, 4.69) is 26.5 Å². The van der Waals surface area contributed by atoms with Crippen molar-refractivity contribution in [1.82, 2.24) is 15.2 Å². The fraction of sp³-hybridized carbons (Fsp3) is 0.333. The number of amides is 1. The van der Waals surface area contributed by atoms with Gasteiger partial charge in [-0.1, -0.05) is 11.3 Å².